The minimum Gasteiger partial charge on any atom is -0.447 e. The van der Waals surface area contributed by atoms with E-state index >= 15 is 0 Å². The fraction of sp³-hybridized carbons (Fsp3) is 0.889. The number of ether oxygens (including phenoxy) is 3. The van der Waals surface area contributed by atoms with E-state index in [-0.39, 0.29) is 30.3 Å². The summed E-state index contributed by atoms with van der Waals surface area (Å²) in [5, 5.41) is 5.82. The van der Waals surface area contributed by atoms with Gasteiger partial charge in [0.2, 0.25) is 0 Å². The van der Waals surface area contributed by atoms with E-state index in [0.29, 0.717) is 26.3 Å². The van der Waals surface area contributed by atoms with Crippen molar-refractivity contribution in [3.8, 4) is 0 Å². The quantitative estimate of drug-likeness (QED) is 0.743. The molecule has 2 N–H and O–H groups in total. The fourth-order valence-corrected chi connectivity index (χ4v) is 3.83. The van der Waals surface area contributed by atoms with Crippen LogP contribution in [0.1, 0.15) is 44.9 Å². The second-order valence-electron chi connectivity index (χ2n) is 7.55. The monoisotopic (exact) mass is 369 g/mol. The van der Waals surface area contributed by atoms with Crippen molar-refractivity contribution in [3.63, 3.8) is 0 Å². The van der Waals surface area contributed by atoms with Crippen LogP contribution in [0.2, 0.25) is 0 Å². The molecule has 0 aromatic heterocycles. The van der Waals surface area contributed by atoms with Gasteiger partial charge in [0.05, 0.1) is 24.3 Å². The highest BCUT2D eigenvalue weighted by atomic mass is 16.6. The molecule has 0 bridgehead atoms. The van der Waals surface area contributed by atoms with Gasteiger partial charge in [-0.1, -0.05) is 0 Å². The Labute approximate surface area is 154 Å². The van der Waals surface area contributed by atoms with Crippen molar-refractivity contribution in [1.29, 1.82) is 0 Å². The number of amides is 3. The summed E-state index contributed by atoms with van der Waals surface area (Å²) in [4.78, 5) is 26.4. The number of urea groups is 1. The first-order valence-corrected chi connectivity index (χ1v) is 9.72. The zero-order valence-corrected chi connectivity index (χ0v) is 15.6. The van der Waals surface area contributed by atoms with Crippen molar-refractivity contribution in [1.82, 2.24) is 15.5 Å². The molecule has 0 aromatic rings. The highest BCUT2D eigenvalue weighted by Crippen LogP contribution is 2.34. The Bertz CT molecular complexity index is 486. The molecule has 3 amide bonds. The first kappa shape index (κ1) is 19.2. The molecule has 2 saturated heterocycles. The smallest absolute Gasteiger partial charge is 0.407 e. The van der Waals surface area contributed by atoms with Crippen molar-refractivity contribution in [2.24, 2.45) is 0 Å². The Morgan fingerprint density at radius 3 is 2.73 bits per heavy atom. The number of carbonyl (C=O) groups excluding carboxylic acids is 2. The molecule has 0 aromatic carbocycles. The molecule has 1 aliphatic carbocycles. The third-order valence-electron chi connectivity index (χ3n) is 5.81. The van der Waals surface area contributed by atoms with Crippen LogP contribution in [-0.4, -0.2) is 74.7 Å². The standard InChI is InChI=1S/C18H31N3O5/c1-24-18(7-4-8-18)13-19-16(22)21-9-3-2-5-15(21)12-26-17(23)20-14-6-10-25-11-14/h14-15H,2-13H2,1H3,(H,19,22)(H,20,23)/t14-,15-/m1/s1. The molecular weight excluding hydrogens is 338 g/mol. The van der Waals surface area contributed by atoms with Gasteiger partial charge in [-0.25, -0.2) is 9.59 Å². The molecular formula is C18H31N3O5. The summed E-state index contributed by atoms with van der Waals surface area (Å²) in [6.45, 7) is 2.66. The van der Waals surface area contributed by atoms with E-state index in [1.165, 1.54) is 0 Å². The second-order valence-corrected chi connectivity index (χ2v) is 7.55. The van der Waals surface area contributed by atoms with Crippen LogP contribution in [0, 0.1) is 0 Å². The van der Waals surface area contributed by atoms with Crippen molar-refractivity contribution in [2.75, 3.05) is 40.0 Å². The van der Waals surface area contributed by atoms with Crippen molar-refractivity contribution in [3.05, 3.63) is 0 Å². The van der Waals surface area contributed by atoms with Crippen LogP contribution in [0.3, 0.4) is 0 Å². The average Bonchev–Trinajstić information content (AvgIpc) is 3.12. The van der Waals surface area contributed by atoms with Gasteiger partial charge in [-0.2, -0.15) is 0 Å². The summed E-state index contributed by atoms with van der Waals surface area (Å²) in [6, 6.07) is -0.138. The summed E-state index contributed by atoms with van der Waals surface area (Å²) in [6.07, 6.45) is 6.37. The van der Waals surface area contributed by atoms with Gasteiger partial charge in [0, 0.05) is 26.8 Å². The largest absolute Gasteiger partial charge is 0.447 e. The van der Waals surface area contributed by atoms with Gasteiger partial charge in [0.1, 0.15) is 6.61 Å². The van der Waals surface area contributed by atoms with Gasteiger partial charge >= 0.3 is 12.1 Å². The first-order chi connectivity index (χ1) is 12.6. The average molecular weight is 369 g/mol. The lowest BCUT2D eigenvalue weighted by molar-refractivity contribution is -0.0682. The van der Waals surface area contributed by atoms with Crippen LogP contribution < -0.4 is 10.6 Å². The number of alkyl carbamates (subject to hydrolysis) is 1. The zero-order chi connectivity index (χ0) is 18.4. The minimum atomic E-state index is -0.431. The highest BCUT2D eigenvalue weighted by molar-refractivity contribution is 5.75. The van der Waals surface area contributed by atoms with E-state index in [0.717, 1.165) is 44.9 Å². The lowest BCUT2D eigenvalue weighted by atomic mass is 9.80. The van der Waals surface area contributed by atoms with Gasteiger partial charge in [0.25, 0.3) is 0 Å². The van der Waals surface area contributed by atoms with Gasteiger partial charge in [-0.05, 0) is 44.9 Å². The van der Waals surface area contributed by atoms with Crippen LogP contribution in [0.15, 0.2) is 0 Å². The lowest BCUT2D eigenvalue weighted by Gasteiger charge is -2.42. The first-order valence-electron chi connectivity index (χ1n) is 9.72. The molecule has 2 heterocycles. The number of carbonyl (C=O) groups is 2. The number of hydrogen-bond acceptors (Lipinski definition) is 5. The topological polar surface area (TPSA) is 89.1 Å². The SMILES string of the molecule is COC1(CNC(=O)N2CCCC[C@@H]2COC(=O)N[C@@H]2CCOC2)CCC1. The summed E-state index contributed by atoms with van der Waals surface area (Å²) in [5.41, 5.74) is -0.194. The molecule has 8 heteroatoms. The Hall–Kier alpha value is -1.54. The van der Waals surface area contributed by atoms with E-state index in [9.17, 15) is 9.59 Å². The number of hydrogen-bond donors (Lipinski definition) is 2. The maximum absolute atomic E-state index is 12.6. The minimum absolute atomic E-state index is 0.0287. The third-order valence-corrected chi connectivity index (χ3v) is 5.81. The molecule has 8 nitrogen and oxygen atoms in total. The number of methoxy groups -OCH3 is 1. The maximum Gasteiger partial charge on any atom is 0.407 e. The Kier molecular flexibility index (Phi) is 6.58. The Morgan fingerprint density at radius 1 is 1.23 bits per heavy atom. The van der Waals surface area contributed by atoms with Crippen LogP contribution in [0.5, 0.6) is 0 Å². The van der Waals surface area contributed by atoms with Crippen LogP contribution in [0.4, 0.5) is 9.59 Å². The third kappa shape index (κ3) is 4.79. The van der Waals surface area contributed by atoms with E-state index in [1.54, 1.807) is 12.0 Å². The molecule has 3 rings (SSSR count). The Morgan fingerprint density at radius 2 is 2.08 bits per heavy atom. The van der Waals surface area contributed by atoms with Gasteiger partial charge in [-0.15, -0.1) is 0 Å². The summed E-state index contributed by atoms with van der Waals surface area (Å²) in [7, 11) is 1.71. The van der Waals surface area contributed by atoms with Crippen LogP contribution >= 0.6 is 0 Å². The molecule has 1 saturated carbocycles. The van der Waals surface area contributed by atoms with Crippen LogP contribution in [-0.2, 0) is 14.2 Å². The highest BCUT2D eigenvalue weighted by Gasteiger charge is 2.38. The number of nitrogens with one attached hydrogen (secondary N) is 2. The Balaban J connectivity index is 1.44. The molecule has 3 aliphatic rings. The lowest BCUT2D eigenvalue weighted by Crippen LogP contribution is -2.55. The molecule has 0 unspecified atom stereocenters. The van der Waals surface area contributed by atoms with Crippen molar-refractivity contribution < 1.29 is 23.8 Å². The number of rotatable bonds is 6. The van der Waals surface area contributed by atoms with Gasteiger partial charge in [0.15, 0.2) is 0 Å². The van der Waals surface area contributed by atoms with E-state index in [2.05, 4.69) is 10.6 Å². The predicted octanol–water partition coefficient (Wildman–Crippen LogP) is 1.63. The molecule has 2 atom stereocenters. The second kappa shape index (κ2) is 8.90. The predicted molar refractivity (Wildman–Crippen MR) is 95.0 cm³/mol. The molecule has 26 heavy (non-hydrogen) atoms. The fourth-order valence-electron chi connectivity index (χ4n) is 3.83. The number of likely N-dealkylation sites (tertiary alicyclic amines) is 1. The van der Waals surface area contributed by atoms with Gasteiger partial charge in [-0.3, -0.25) is 0 Å². The van der Waals surface area contributed by atoms with E-state index in [1.807, 2.05) is 0 Å². The van der Waals surface area contributed by atoms with E-state index in [4.69, 9.17) is 14.2 Å². The number of nitrogens with zero attached hydrogens (tertiary/aromatic N) is 1. The summed E-state index contributed by atoms with van der Waals surface area (Å²) >= 11 is 0. The molecule has 3 fully saturated rings. The zero-order valence-electron chi connectivity index (χ0n) is 15.6. The molecule has 0 radical (unpaired) electrons. The summed E-state index contributed by atoms with van der Waals surface area (Å²) < 4.78 is 16.2. The maximum atomic E-state index is 12.6. The summed E-state index contributed by atoms with van der Waals surface area (Å²) in [5.74, 6) is 0. The molecule has 2 aliphatic heterocycles. The van der Waals surface area contributed by atoms with Crippen LogP contribution in [0.25, 0.3) is 0 Å². The van der Waals surface area contributed by atoms with Gasteiger partial charge < -0.3 is 29.7 Å². The van der Waals surface area contributed by atoms with Crippen molar-refractivity contribution >= 4 is 12.1 Å². The molecule has 0 spiro atoms. The number of piperidine rings is 1. The van der Waals surface area contributed by atoms with Crippen molar-refractivity contribution in [2.45, 2.75) is 62.6 Å². The van der Waals surface area contributed by atoms with E-state index < -0.39 is 6.09 Å². The normalized spacial score (nSPS) is 27.5. The molecule has 148 valence electrons.